The van der Waals surface area contributed by atoms with Gasteiger partial charge in [0.1, 0.15) is 6.61 Å². The molecule has 0 radical (unpaired) electrons. The second-order valence-corrected chi connectivity index (χ2v) is 7.15. The van der Waals surface area contributed by atoms with E-state index in [9.17, 15) is 0 Å². The summed E-state index contributed by atoms with van der Waals surface area (Å²) < 4.78 is 11.4. The fourth-order valence-corrected chi connectivity index (χ4v) is 3.54. The van der Waals surface area contributed by atoms with E-state index in [4.69, 9.17) is 21.1 Å². The van der Waals surface area contributed by atoms with E-state index in [-0.39, 0.29) is 12.4 Å². The highest BCUT2D eigenvalue weighted by Crippen LogP contribution is 2.37. The van der Waals surface area contributed by atoms with E-state index in [1.807, 2.05) is 12.1 Å². The minimum atomic E-state index is 0. The summed E-state index contributed by atoms with van der Waals surface area (Å²) in [6.07, 6.45) is 5.19. The van der Waals surface area contributed by atoms with Gasteiger partial charge in [0, 0.05) is 12.6 Å². The summed E-state index contributed by atoms with van der Waals surface area (Å²) in [4.78, 5) is 0. The van der Waals surface area contributed by atoms with Crippen LogP contribution in [0.1, 0.15) is 42.4 Å². The second-order valence-electron chi connectivity index (χ2n) is 6.75. The zero-order chi connectivity index (χ0) is 17.6. The van der Waals surface area contributed by atoms with E-state index in [0.717, 1.165) is 17.7 Å². The van der Waals surface area contributed by atoms with Crippen LogP contribution in [0, 0.1) is 6.92 Å². The average molecular weight is 396 g/mol. The summed E-state index contributed by atoms with van der Waals surface area (Å²) >= 11 is 6.47. The lowest BCUT2D eigenvalue weighted by Crippen LogP contribution is -2.25. The van der Waals surface area contributed by atoms with Gasteiger partial charge in [-0.3, -0.25) is 0 Å². The summed E-state index contributed by atoms with van der Waals surface area (Å²) in [5.74, 6) is 1.29. The molecule has 1 fully saturated rings. The van der Waals surface area contributed by atoms with Gasteiger partial charge in [0.15, 0.2) is 11.5 Å². The Balaban J connectivity index is 0.00000243. The molecule has 0 aromatic heterocycles. The third-order valence-electron chi connectivity index (χ3n) is 4.74. The van der Waals surface area contributed by atoms with Crippen molar-refractivity contribution in [2.24, 2.45) is 0 Å². The van der Waals surface area contributed by atoms with Crippen molar-refractivity contribution < 1.29 is 9.47 Å². The largest absolute Gasteiger partial charge is 0.493 e. The Morgan fingerprint density at radius 2 is 1.77 bits per heavy atom. The molecule has 3 rings (SSSR count). The van der Waals surface area contributed by atoms with E-state index >= 15 is 0 Å². The summed E-state index contributed by atoms with van der Waals surface area (Å²) in [5, 5.41) is 4.20. The van der Waals surface area contributed by atoms with Gasteiger partial charge in [-0.1, -0.05) is 54.3 Å². The third-order valence-corrected chi connectivity index (χ3v) is 5.02. The SMILES string of the molecule is COc1cc(CNC2CCCC2)cc(Cl)c1OCc1ccc(C)cc1.Cl. The van der Waals surface area contributed by atoms with E-state index < -0.39 is 0 Å². The molecule has 0 unspecified atom stereocenters. The van der Waals surface area contributed by atoms with Gasteiger partial charge in [0.25, 0.3) is 0 Å². The predicted octanol–water partition coefficient (Wildman–Crippen LogP) is 5.69. The van der Waals surface area contributed by atoms with Crippen molar-refractivity contribution in [2.45, 2.75) is 51.8 Å². The first-order chi connectivity index (χ1) is 12.2. The molecule has 0 atom stereocenters. The van der Waals surface area contributed by atoms with Crippen LogP contribution in [-0.4, -0.2) is 13.2 Å². The van der Waals surface area contributed by atoms with Crippen LogP contribution >= 0.6 is 24.0 Å². The Labute approximate surface area is 167 Å². The number of nitrogens with one attached hydrogen (secondary N) is 1. The smallest absolute Gasteiger partial charge is 0.180 e. The maximum atomic E-state index is 6.47. The van der Waals surface area contributed by atoms with Crippen molar-refractivity contribution in [3.8, 4) is 11.5 Å². The van der Waals surface area contributed by atoms with Crippen molar-refractivity contribution in [2.75, 3.05) is 7.11 Å². The topological polar surface area (TPSA) is 30.5 Å². The Morgan fingerprint density at radius 1 is 1.08 bits per heavy atom. The number of rotatable bonds is 7. The Kier molecular flexibility index (Phi) is 8.08. The quantitative estimate of drug-likeness (QED) is 0.652. The van der Waals surface area contributed by atoms with Gasteiger partial charge in [0.2, 0.25) is 0 Å². The predicted molar refractivity (Wildman–Crippen MR) is 110 cm³/mol. The zero-order valence-corrected chi connectivity index (χ0v) is 17.0. The van der Waals surface area contributed by atoms with Crippen LogP contribution in [0.4, 0.5) is 0 Å². The van der Waals surface area contributed by atoms with Crippen LogP contribution < -0.4 is 14.8 Å². The Bertz CT molecular complexity index is 698. The molecule has 26 heavy (non-hydrogen) atoms. The van der Waals surface area contributed by atoms with E-state index in [2.05, 4.69) is 36.5 Å². The fraction of sp³-hybridized carbons (Fsp3) is 0.429. The summed E-state index contributed by atoms with van der Waals surface area (Å²) in [7, 11) is 1.65. The molecule has 3 nitrogen and oxygen atoms in total. The fourth-order valence-electron chi connectivity index (χ4n) is 3.25. The van der Waals surface area contributed by atoms with E-state index in [1.165, 1.54) is 31.2 Å². The first kappa shape index (κ1) is 20.9. The molecule has 0 bridgehead atoms. The van der Waals surface area contributed by atoms with Gasteiger partial charge in [0.05, 0.1) is 12.1 Å². The molecule has 0 spiro atoms. The minimum Gasteiger partial charge on any atom is -0.493 e. The van der Waals surface area contributed by atoms with Gasteiger partial charge in [-0.25, -0.2) is 0 Å². The number of hydrogen-bond donors (Lipinski definition) is 1. The van der Waals surface area contributed by atoms with E-state index in [0.29, 0.717) is 29.2 Å². The maximum absolute atomic E-state index is 6.47. The molecule has 5 heteroatoms. The van der Waals surface area contributed by atoms with Gasteiger partial charge in [-0.2, -0.15) is 0 Å². The van der Waals surface area contributed by atoms with Gasteiger partial charge < -0.3 is 14.8 Å². The van der Waals surface area contributed by atoms with Crippen molar-refractivity contribution in [3.05, 3.63) is 58.1 Å². The van der Waals surface area contributed by atoms with Crippen LogP contribution in [-0.2, 0) is 13.2 Å². The molecule has 0 amide bonds. The molecule has 2 aromatic rings. The Morgan fingerprint density at radius 3 is 2.42 bits per heavy atom. The molecular weight excluding hydrogens is 369 g/mol. The molecule has 1 N–H and O–H groups in total. The molecule has 0 saturated heterocycles. The highest BCUT2D eigenvalue weighted by Gasteiger charge is 2.16. The van der Waals surface area contributed by atoms with Crippen LogP contribution in [0.2, 0.25) is 5.02 Å². The monoisotopic (exact) mass is 395 g/mol. The average Bonchev–Trinajstić information content (AvgIpc) is 3.13. The number of hydrogen-bond acceptors (Lipinski definition) is 3. The summed E-state index contributed by atoms with van der Waals surface area (Å²) in [6, 6.07) is 12.9. The third kappa shape index (κ3) is 5.54. The Hall–Kier alpha value is -1.42. The van der Waals surface area contributed by atoms with Crippen molar-refractivity contribution in [1.29, 1.82) is 0 Å². The van der Waals surface area contributed by atoms with Gasteiger partial charge in [-0.15, -0.1) is 12.4 Å². The van der Waals surface area contributed by atoms with E-state index in [1.54, 1.807) is 7.11 Å². The van der Waals surface area contributed by atoms with Gasteiger partial charge in [-0.05, 0) is 43.0 Å². The number of aryl methyl sites for hydroxylation is 1. The highest BCUT2D eigenvalue weighted by atomic mass is 35.5. The number of halogens is 2. The molecule has 1 saturated carbocycles. The van der Waals surface area contributed by atoms with Crippen molar-refractivity contribution >= 4 is 24.0 Å². The standard InChI is InChI=1S/C21H26ClNO2.ClH/c1-15-7-9-16(10-8-15)14-25-21-19(22)11-17(12-20(21)24-2)13-23-18-5-3-4-6-18;/h7-12,18,23H,3-6,13-14H2,1-2H3;1H. The first-order valence-corrected chi connectivity index (χ1v) is 9.31. The normalized spacial score (nSPS) is 14.1. The number of ether oxygens (including phenoxy) is 2. The summed E-state index contributed by atoms with van der Waals surface area (Å²) in [6.45, 7) is 3.35. The van der Waals surface area contributed by atoms with Gasteiger partial charge >= 0.3 is 0 Å². The van der Waals surface area contributed by atoms with Crippen LogP contribution in [0.25, 0.3) is 0 Å². The first-order valence-electron chi connectivity index (χ1n) is 8.94. The number of benzene rings is 2. The molecule has 0 heterocycles. The van der Waals surface area contributed by atoms with Crippen LogP contribution in [0.15, 0.2) is 36.4 Å². The van der Waals surface area contributed by atoms with Crippen LogP contribution in [0.5, 0.6) is 11.5 Å². The second kappa shape index (κ2) is 10.1. The molecule has 1 aliphatic rings. The molecule has 142 valence electrons. The van der Waals surface area contributed by atoms with Crippen molar-refractivity contribution in [3.63, 3.8) is 0 Å². The molecule has 2 aromatic carbocycles. The maximum Gasteiger partial charge on any atom is 0.180 e. The van der Waals surface area contributed by atoms with Crippen molar-refractivity contribution in [1.82, 2.24) is 5.32 Å². The molecule has 1 aliphatic carbocycles. The van der Waals surface area contributed by atoms with Crippen LogP contribution in [0.3, 0.4) is 0 Å². The minimum absolute atomic E-state index is 0. The lowest BCUT2D eigenvalue weighted by atomic mass is 10.1. The zero-order valence-electron chi connectivity index (χ0n) is 15.4. The lowest BCUT2D eigenvalue weighted by molar-refractivity contribution is 0.284. The summed E-state index contributed by atoms with van der Waals surface area (Å²) in [5.41, 5.74) is 3.46. The molecule has 0 aliphatic heterocycles. The molecular formula is C21H27Cl2NO2. The lowest BCUT2D eigenvalue weighted by Gasteiger charge is -2.16. The highest BCUT2D eigenvalue weighted by molar-refractivity contribution is 6.32. The number of methoxy groups -OCH3 is 1.